The summed E-state index contributed by atoms with van der Waals surface area (Å²) in [7, 11) is 0. The normalized spacial score (nSPS) is 25.8. The quantitative estimate of drug-likeness (QED) is 0.810. The number of amides is 1. The highest BCUT2D eigenvalue weighted by Crippen LogP contribution is 2.18. The lowest BCUT2D eigenvalue weighted by atomic mass is 10.0. The fourth-order valence-corrected chi connectivity index (χ4v) is 2.27. The van der Waals surface area contributed by atoms with Crippen molar-refractivity contribution >= 4 is 11.9 Å². The molecule has 0 spiro atoms. The lowest BCUT2D eigenvalue weighted by molar-refractivity contribution is -0.146. The van der Waals surface area contributed by atoms with Gasteiger partial charge in [-0.3, -0.25) is 9.59 Å². The minimum Gasteiger partial charge on any atom is -0.481 e. The van der Waals surface area contributed by atoms with E-state index in [9.17, 15) is 9.59 Å². The Balaban J connectivity index is 2.54. The Morgan fingerprint density at radius 2 is 2.11 bits per heavy atom. The zero-order valence-electron chi connectivity index (χ0n) is 11.4. The number of hydrogen-bond acceptors (Lipinski definition) is 3. The lowest BCUT2D eigenvalue weighted by Crippen LogP contribution is -2.51. The van der Waals surface area contributed by atoms with Crippen molar-refractivity contribution in [2.75, 3.05) is 13.2 Å². The number of carboxylic acid groups (broad SMARTS) is 1. The van der Waals surface area contributed by atoms with Crippen molar-refractivity contribution in [3.63, 3.8) is 0 Å². The van der Waals surface area contributed by atoms with Crippen LogP contribution in [0.3, 0.4) is 0 Å². The van der Waals surface area contributed by atoms with Crippen molar-refractivity contribution in [2.24, 2.45) is 5.92 Å². The highest BCUT2D eigenvalue weighted by Gasteiger charge is 2.30. The van der Waals surface area contributed by atoms with E-state index >= 15 is 0 Å². The first-order valence-corrected chi connectivity index (χ1v) is 6.56. The number of ether oxygens (including phenoxy) is 1. The summed E-state index contributed by atoms with van der Waals surface area (Å²) in [5, 5.41) is 8.70. The third-order valence-corrected chi connectivity index (χ3v) is 3.31. The van der Waals surface area contributed by atoms with Crippen molar-refractivity contribution in [2.45, 2.75) is 52.2 Å². The predicted molar refractivity (Wildman–Crippen MR) is 67.2 cm³/mol. The molecule has 1 N–H and O–H groups in total. The fraction of sp³-hybridized carbons (Fsp3) is 0.846. The molecule has 1 fully saturated rings. The average Bonchev–Trinajstić information content (AvgIpc) is 2.27. The van der Waals surface area contributed by atoms with Crippen LogP contribution >= 0.6 is 0 Å². The molecule has 1 amide bonds. The van der Waals surface area contributed by atoms with Gasteiger partial charge >= 0.3 is 5.97 Å². The van der Waals surface area contributed by atoms with Gasteiger partial charge in [0.1, 0.15) is 0 Å². The molecule has 0 aromatic heterocycles. The summed E-state index contributed by atoms with van der Waals surface area (Å²) in [5.74, 6) is -0.922. The van der Waals surface area contributed by atoms with Crippen LogP contribution in [-0.2, 0) is 14.3 Å². The predicted octanol–water partition coefficient (Wildman–Crippen LogP) is 1.51. The van der Waals surface area contributed by atoms with Crippen LogP contribution in [-0.4, -0.2) is 47.2 Å². The Bertz CT molecular complexity index is 305. The van der Waals surface area contributed by atoms with E-state index in [-0.39, 0.29) is 30.4 Å². The molecule has 1 aliphatic rings. The molecule has 3 atom stereocenters. The van der Waals surface area contributed by atoms with Gasteiger partial charge in [-0.1, -0.05) is 13.8 Å². The first kappa shape index (κ1) is 15.0. The second kappa shape index (κ2) is 6.73. The molecule has 0 radical (unpaired) electrons. The maximum absolute atomic E-state index is 12.2. The zero-order chi connectivity index (χ0) is 13.7. The van der Waals surface area contributed by atoms with Crippen LogP contribution in [0.4, 0.5) is 0 Å². The second-order valence-corrected chi connectivity index (χ2v) is 5.16. The third kappa shape index (κ3) is 4.29. The van der Waals surface area contributed by atoms with Crippen LogP contribution < -0.4 is 0 Å². The third-order valence-electron chi connectivity index (χ3n) is 3.31. The largest absolute Gasteiger partial charge is 0.481 e. The molecule has 0 aromatic rings. The van der Waals surface area contributed by atoms with E-state index in [4.69, 9.17) is 9.84 Å². The van der Waals surface area contributed by atoms with Gasteiger partial charge in [0.25, 0.3) is 0 Å². The molecule has 1 aliphatic heterocycles. The summed E-state index contributed by atoms with van der Waals surface area (Å²) in [4.78, 5) is 24.6. The summed E-state index contributed by atoms with van der Waals surface area (Å²) in [6.45, 7) is 6.97. The Morgan fingerprint density at radius 1 is 1.44 bits per heavy atom. The maximum Gasteiger partial charge on any atom is 0.303 e. The van der Waals surface area contributed by atoms with Crippen molar-refractivity contribution in [3.8, 4) is 0 Å². The first-order chi connectivity index (χ1) is 8.43. The summed E-state index contributed by atoms with van der Waals surface area (Å²) in [5.41, 5.74) is 0. The molecule has 104 valence electrons. The van der Waals surface area contributed by atoms with Crippen LogP contribution in [0.15, 0.2) is 0 Å². The minimum atomic E-state index is -0.849. The topological polar surface area (TPSA) is 66.8 Å². The van der Waals surface area contributed by atoms with Crippen LogP contribution in [0.25, 0.3) is 0 Å². The summed E-state index contributed by atoms with van der Waals surface area (Å²) >= 11 is 0. The monoisotopic (exact) mass is 257 g/mol. The highest BCUT2D eigenvalue weighted by molar-refractivity contribution is 5.77. The number of hydrogen-bond donors (Lipinski definition) is 1. The molecule has 0 saturated carbocycles. The number of carboxylic acids is 1. The van der Waals surface area contributed by atoms with Crippen molar-refractivity contribution in [3.05, 3.63) is 0 Å². The van der Waals surface area contributed by atoms with E-state index in [1.54, 1.807) is 6.92 Å². The molecule has 18 heavy (non-hydrogen) atoms. The van der Waals surface area contributed by atoms with Crippen molar-refractivity contribution in [1.82, 2.24) is 4.90 Å². The smallest absolute Gasteiger partial charge is 0.303 e. The standard InChI is InChI=1S/C13H23NO4/c1-4-11-8-18-10(3)7-14(11)12(15)5-9(2)6-13(16)17/h9-11H,4-8H2,1-3H3,(H,16,17). The number of carbonyl (C=O) groups excluding carboxylic acids is 1. The van der Waals surface area contributed by atoms with Gasteiger partial charge in [-0.2, -0.15) is 0 Å². The fourth-order valence-electron chi connectivity index (χ4n) is 2.27. The zero-order valence-corrected chi connectivity index (χ0v) is 11.4. The van der Waals surface area contributed by atoms with Crippen LogP contribution in [0.2, 0.25) is 0 Å². The molecule has 5 nitrogen and oxygen atoms in total. The Kier molecular flexibility index (Phi) is 5.59. The lowest BCUT2D eigenvalue weighted by Gasteiger charge is -2.38. The van der Waals surface area contributed by atoms with Gasteiger partial charge in [-0.15, -0.1) is 0 Å². The molecule has 1 saturated heterocycles. The van der Waals surface area contributed by atoms with Crippen LogP contribution in [0.1, 0.15) is 40.0 Å². The maximum atomic E-state index is 12.2. The van der Waals surface area contributed by atoms with Gasteiger partial charge in [0, 0.05) is 19.4 Å². The Morgan fingerprint density at radius 3 is 2.67 bits per heavy atom. The number of aliphatic carboxylic acids is 1. The Hall–Kier alpha value is -1.10. The van der Waals surface area contributed by atoms with E-state index in [2.05, 4.69) is 0 Å². The van der Waals surface area contributed by atoms with E-state index in [1.165, 1.54) is 0 Å². The summed E-state index contributed by atoms with van der Waals surface area (Å²) in [6.07, 6.45) is 1.27. The molecular formula is C13H23NO4. The SMILES string of the molecule is CCC1COC(C)CN1C(=O)CC(C)CC(=O)O. The molecular weight excluding hydrogens is 234 g/mol. The average molecular weight is 257 g/mol. The van der Waals surface area contributed by atoms with E-state index in [0.29, 0.717) is 19.6 Å². The molecule has 3 unspecified atom stereocenters. The van der Waals surface area contributed by atoms with Gasteiger partial charge in [-0.05, 0) is 19.3 Å². The number of nitrogens with zero attached hydrogens (tertiary/aromatic N) is 1. The van der Waals surface area contributed by atoms with Crippen LogP contribution in [0, 0.1) is 5.92 Å². The van der Waals surface area contributed by atoms with E-state index < -0.39 is 5.97 Å². The van der Waals surface area contributed by atoms with E-state index in [0.717, 1.165) is 6.42 Å². The first-order valence-electron chi connectivity index (χ1n) is 6.56. The number of rotatable bonds is 5. The van der Waals surface area contributed by atoms with Crippen LogP contribution in [0.5, 0.6) is 0 Å². The van der Waals surface area contributed by atoms with Gasteiger partial charge in [0.15, 0.2) is 0 Å². The van der Waals surface area contributed by atoms with Gasteiger partial charge in [0.05, 0.1) is 18.8 Å². The molecule has 1 heterocycles. The van der Waals surface area contributed by atoms with E-state index in [1.807, 2.05) is 18.7 Å². The molecule has 0 bridgehead atoms. The second-order valence-electron chi connectivity index (χ2n) is 5.16. The van der Waals surface area contributed by atoms with Crippen molar-refractivity contribution in [1.29, 1.82) is 0 Å². The summed E-state index contributed by atoms with van der Waals surface area (Å²) in [6, 6.07) is 0.130. The molecule has 1 rings (SSSR count). The molecule has 0 aromatic carbocycles. The molecule has 5 heteroatoms. The Labute approximate surface area is 108 Å². The van der Waals surface area contributed by atoms with Crippen molar-refractivity contribution < 1.29 is 19.4 Å². The molecule has 0 aliphatic carbocycles. The number of morpholine rings is 1. The number of carbonyl (C=O) groups is 2. The highest BCUT2D eigenvalue weighted by atomic mass is 16.5. The van der Waals surface area contributed by atoms with Gasteiger partial charge < -0.3 is 14.7 Å². The summed E-state index contributed by atoms with van der Waals surface area (Å²) < 4.78 is 5.54. The van der Waals surface area contributed by atoms with Gasteiger partial charge in [-0.25, -0.2) is 0 Å². The minimum absolute atomic E-state index is 0.0441. The van der Waals surface area contributed by atoms with Gasteiger partial charge in [0.2, 0.25) is 5.91 Å².